The minimum absolute atomic E-state index is 0.561. The topological polar surface area (TPSA) is 70.9 Å². The smallest absolute Gasteiger partial charge is 0.229 e. The van der Waals surface area contributed by atoms with Crippen LogP contribution in [0.15, 0.2) is 85.1 Å². The van der Waals surface area contributed by atoms with Crippen LogP contribution in [0.2, 0.25) is 0 Å². The molecule has 8 heteroatoms. The molecule has 3 aromatic carbocycles. The van der Waals surface area contributed by atoms with E-state index in [9.17, 15) is 0 Å². The molecule has 0 amide bonds. The molecule has 0 unspecified atom stereocenters. The summed E-state index contributed by atoms with van der Waals surface area (Å²) in [5, 5.41) is 6.82. The molecule has 0 saturated carbocycles. The standard InChI is InChI=1S/C29H31N7S/c1-4-36-26-15-14-24(18-25(26)33-29(36)31-19-21-8-6-5-7-9-21)35(2)27-16-17-30-28(34-27)32-23-12-10-22(11-13-23)20-37-3/h5-18H,4,19-20H2,1-3H3,(H,31,33)(H,30,32,34). The molecule has 5 aromatic rings. The van der Waals surface area contributed by atoms with E-state index in [4.69, 9.17) is 9.97 Å². The van der Waals surface area contributed by atoms with Crippen molar-refractivity contribution in [1.29, 1.82) is 0 Å². The Morgan fingerprint density at radius 3 is 2.49 bits per heavy atom. The Labute approximate surface area is 222 Å². The summed E-state index contributed by atoms with van der Waals surface area (Å²) in [5.41, 5.74) is 6.54. The van der Waals surface area contributed by atoms with Crippen LogP contribution in [0.3, 0.4) is 0 Å². The van der Waals surface area contributed by atoms with E-state index in [0.29, 0.717) is 5.95 Å². The van der Waals surface area contributed by atoms with Crippen LogP contribution in [0.1, 0.15) is 18.1 Å². The zero-order chi connectivity index (χ0) is 25.6. The number of nitrogens with one attached hydrogen (secondary N) is 2. The Balaban J connectivity index is 1.34. The summed E-state index contributed by atoms with van der Waals surface area (Å²) in [6.45, 7) is 3.70. The van der Waals surface area contributed by atoms with Crippen molar-refractivity contribution in [2.45, 2.75) is 25.8 Å². The van der Waals surface area contributed by atoms with Gasteiger partial charge in [-0.15, -0.1) is 0 Å². The van der Waals surface area contributed by atoms with Gasteiger partial charge in [0.1, 0.15) is 5.82 Å². The Bertz CT molecular complexity index is 1470. The van der Waals surface area contributed by atoms with E-state index in [2.05, 4.69) is 105 Å². The highest BCUT2D eigenvalue weighted by molar-refractivity contribution is 7.97. The summed E-state index contributed by atoms with van der Waals surface area (Å²) in [6, 6.07) is 27.0. The first-order valence-corrected chi connectivity index (χ1v) is 13.7. The van der Waals surface area contributed by atoms with E-state index in [-0.39, 0.29) is 0 Å². The van der Waals surface area contributed by atoms with Crippen molar-refractivity contribution in [3.63, 3.8) is 0 Å². The lowest BCUT2D eigenvalue weighted by Crippen LogP contribution is -2.12. The fourth-order valence-electron chi connectivity index (χ4n) is 4.27. The summed E-state index contributed by atoms with van der Waals surface area (Å²) in [4.78, 5) is 16.1. The molecule has 0 atom stereocenters. The summed E-state index contributed by atoms with van der Waals surface area (Å²) < 4.78 is 2.21. The van der Waals surface area contributed by atoms with Gasteiger partial charge >= 0.3 is 0 Å². The molecule has 0 fully saturated rings. The number of nitrogens with zero attached hydrogens (tertiary/aromatic N) is 5. The molecule has 0 aliphatic rings. The third-order valence-electron chi connectivity index (χ3n) is 6.23. The average Bonchev–Trinajstić information content (AvgIpc) is 3.30. The SMILES string of the molecule is CCn1c(NCc2ccccc2)nc2cc(N(C)c3ccnc(Nc4ccc(CSC)cc4)n3)ccc21. The number of rotatable bonds is 10. The summed E-state index contributed by atoms with van der Waals surface area (Å²) >= 11 is 1.81. The van der Waals surface area contributed by atoms with Crippen molar-refractivity contribution in [2.75, 3.05) is 28.8 Å². The number of hydrogen-bond donors (Lipinski definition) is 2. The summed E-state index contributed by atoms with van der Waals surface area (Å²) in [5.74, 6) is 3.24. The van der Waals surface area contributed by atoms with Crippen molar-refractivity contribution in [3.8, 4) is 0 Å². The van der Waals surface area contributed by atoms with E-state index < -0.39 is 0 Å². The van der Waals surface area contributed by atoms with Gasteiger partial charge in [0, 0.05) is 43.5 Å². The van der Waals surface area contributed by atoms with Crippen LogP contribution in [-0.2, 0) is 18.8 Å². The van der Waals surface area contributed by atoms with Gasteiger partial charge in [-0.05, 0) is 60.7 Å². The molecule has 0 aliphatic heterocycles. The van der Waals surface area contributed by atoms with E-state index in [1.807, 2.05) is 30.9 Å². The van der Waals surface area contributed by atoms with Crippen LogP contribution >= 0.6 is 11.8 Å². The van der Waals surface area contributed by atoms with Crippen molar-refractivity contribution >= 4 is 51.9 Å². The van der Waals surface area contributed by atoms with Gasteiger partial charge in [0.2, 0.25) is 11.9 Å². The molecule has 0 saturated heterocycles. The number of fused-ring (bicyclic) bond motifs is 1. The molecule has 0 bridgehead atoms. The van der Waals surface area contributed by atoms with Crippen molar-refractivity contribution in [3.05, 3.63) is 96.2 Å². The number of aryl methyl sites for hydroxylation is 1. The normalized spacial score (nSPS) is 11.0. The first-order valence-electron chi connectivity index (χ1n) is 12.3. The Morgan fingerprint density at radius 2 is 1.73 bits per heavy atom. The highest BCUT2D eigenvalue weighted by Crippen LogP contribution is 2.29. The zero-order valence-corrected chi connectivity index (χ0v) is 22.2. The quantitative estimate of drug-likeness (QED) is 0.214. The van der Waals surface area contributed by atoms with Crippen LogP contribution in [0.4, 0.5) is 29.1 Å². The second kappa shape index (κ2) is 11.3. The van der Waals surface area contributed by atoms with Crippen LogP contribution in [0.25, 0.3) is 11.0 Å². The van der Waals surface area contributed by atoms with Crippen LogP contribution in [-0.4, -0.2) is 32.8 Å². The molecule has 2 heterocycles. The molecule has 37 heavy (non-hydrogen) atoms. The van der Waals surface area contributed by atoms with Crippen molar-refractivity contribution < 1.29 is 0 Å². The average molecular weight is 510 g/mol. The minimum atomic E-state index is 0.561. The van der Waals surface area contributed by atoms with Gasteiger partial charge in [-0.1, -0.05) is 42.5 Å². The monoisotopic (exact) mass is 509 g/mol. The fourth-order valence-corrected chi connectivity index (χ4v) is 4.79. The highest BCUT2D eigenvalue weighted by atomic mass is 32.2. The summed E-state index contributed by atoms with van der Waals surface area (Å²) in [6.07, 6.45) is 3.89. The number of anilines is 5. The molecule has 2 N–H and O–H groups in total. The first-order chi connectivity index (χ1) is 18.1. The van der Waals surface area contributed by atoms with Gasteiger partial charge in [0.25, 0.3) is 0 Å². The third kappa shape index (κ3) is 5.70. The largest absolute Gasteiger partial charge is 0.352 e. The predicted molar refractivity (Wildman–Crippen MR) is 156 cm³/mol. The van der Waals surface area contributed by atoms with E-state index >= 15 is 0 Å². The lowest BCUT2D eigenvalue weighted by molar-refractivity contribution is 0.787. The number of hydrogen-bond acceptors (Lipinski definition) is 7. The highest BCUT2D eigenvalue weighted by Gasteiger charge is 2.13. The Hall–Kier alpha value is -4.04. The van der Waals surface area contributed by atoms with Crippen LogP contribution < -0.4 is 15.5 Å². The van der Waals surface area contributed by atoms with Crippen molar-refractivity contribution in [1.82, 2.24) is 19.5 Å². The van der Waals surface area contributed by atoms with Crippen molar-refractivity contribution in [2.24, 2.45) is 0 Å². The molecule has 0 aliphatic carbocycles. The Kier molecular flexibility index (Phi) is 7.56. The lowest BCUT2D eigenvalue weighted by atomic mass is 10.2. The third-order valence-corrected chi connectivity index (χ3v) is 6.86. The first kappa shape index (κ1) is 24.6. The second-order valence-electron chi connectivity index (χ2n) is 8.74. The van der Waals surface area contributed by atoms with E-state index in [1.54, 1.807) is 6.20 Å². The molecule has 0 spiro atoms. The van der Waals surface area contributed by atoms with Gasteiger partial charge < -0.3 is 20.1 Å². The van der Waals surface area contributed by atoms with Gasteiger partial charge in [-0.3, -0.25) is 0 Å². The minimum Gasteiger partial charge on any atom is -0.352 e. The maximum Gasteiger partial charge on any atom is 0.229 e. The molecule has 0 radical (unpaired) electrons. The maximum atomic E-state index is 4.91. The second-order valence-corrected chi connectivity index (χ2v) is 9.61. The molecular formula is C29H31N7S. The maximum absolute atomic E-state index is 4.91. The van der Waals surface area contributed by atoms with E-state index in [0.717, 1.165) is 53.0 Å². The number of imidazole rings is 1. The van der Waals surface area contributed by atoms with Crippen LogP contribution in [0.5, 0.6) is 0 Å². The number of benzene rings is 3. The van der Waals surface area contributed by atoms with Gasteiger partial charge in [-0.2, -0.15) is 16.7 Å². The lowest BCUT2D eigenvalue weighted by Gasteiger charge is -2.19. The molecule has 188 valence electrons. The molecule has 5 rings (SSSR count). The number of aromatic nitrogens is 4. The summed E-state index contributed by atoms with van der Waals surface area (Å²) in [7, 11) is 2.01. The van der Waals surface area contributed by atoms with Gasteiger partial charge in [0.15, 0.2) is 0 Å². The fraction of sp³-hybridized carbons (Fsp3) is 0.207. The van der Waals surface area contributed by atoms with Gasteiger partial charge in [-0.25, -0.2) is 9.97 Å². The van der Waals surface area contributed by atoms with Crippen LogP contribution in [0, 0.1) is 0 Å². The molecular weight excluding hydrogens is 478 g/mol. The number of thioether (sulfide) groups is 1. The predicted octanol–water partition coefficient (Wildman–Crippen LogP) is 6.83. The van der Waals surface area contributed by atoms with Gasteiger partial charge in [0.05, 0.1) is 11.0 Å². The Morgan fingerprint density at radius 1 is 0.919 bits per heavy atom. The molecule has 7 nitrogen and oxygen atoms in total. The molecule has 2 aromatic heterocycles. The van der Waals surface area contributed by atoms with E-state index in [1.165, 1.54) is 11.1 Å². The zero-order valence-electron chi connectivity index (χ0n) is 21.3.